The van der Waals surface area contributed by atoms with Crippen LogP contribution in [0.3, 0.4) is 0 Å². The molecule has 5 nitrogen and oxygen atoms in total. The molecule has 0 aromatic heterocycles. The molecule has 0 amide bonds. The zero-order valence-corrected chi connectivity index (χ0v) is 19.4. The van der Waals surface area contributed by atoms with Crippen LogP contribution < -0.4 is 4.74 Å². The van der Waals surface area contributed by atoms with Gasteiger partial charge >= 0.3 is 5.97 Å². The van der Waals surface area contributed by atoms with E-state index < -0.39 is 5.41 Å². The largest absolute Gasteiger partial charge is 0.497 e. The standard InChI is InChI=1S/C26H33FO5/c1-5-30-25(28)26(2,3)16-19-14-18(17-32-24-8-6-7-13-31-24)9-11-21(19)22-15-20(29-4)10-12-23(22)27/h9-12,14-15,24H,5-8,13,16-17H2,1-4H3. The molecule has 0 saturated carbocycles. The Labute approximate surface area is 189 Å². The van der Waals surface area contributed by atoms with E-state index in [9.17, 15) is 9.18 Å². The molecule has 0 radical (unpaired) electrons. The van der Waals surface area contributed by atoms with Gasteiger partial charge in [0.15, 0.2) is 6.29 Å². The second kappa shape index (κ2) is 10.9. The van der Waals surface area contributed by atoms with Crippen LogP contribution in [0.25, 0.3) is 11.1 Å². The molecule has 0 bridgehead atoms. The number of hydrogen-bond donors (Lipinski definition) is 0. The van der Waals surface area contributed by atoms with Gasteiger partial charge in [-0.1, -0.05) is 18.2 Å². The molecule has 1 atom stereocenters. The maximum Gasteiger partial charge on any atom is 0.311 e. The van der Waals surface area contributed by atoms with Crippen LogP contribution in [0.1, 0.15) is 51.2 Å². The smallest absolute Gasteiger partial charge is 0.311 e. The molecule has 1 aliphatic rings. The summed E-state index contributed by atoms with van der Waals surface area (Å²) in [4.78, 5) is 12.5. The zero-order valence-electron chi connectivity index (χ0n) is 19.4. The summed E-state index contributed by atoms with van der Waals surface area (Å²) in [5.74, 6) is -0.0613. The molecule has 3 rings (SSSR count). The fourth-order valence-corrected chi connectivity index (χ4v) is 3.89. The van der Waals surface area contributed by atoms with Gasteiger partial charge in [-0.05, 0) is 81.3 Å². The Hall–Kier alpha value is -2.44. The Morgan fingerprint density at radius 2 is 1.97 bits per heavy atom. The number of methoxy groups -OCH3 is 1. The number of ether oxygens (including phenoxy) is 4. The van der Waals surface area contributed by atoms with Gasteiger partial charge in [0, 0.05) is 12.2 Å². The number of halogens is 1. The van der Waals surface area contributed by atoms with E-state index in [0.717, 1.165) is 42.6 Å². The van der Waals surface area contributed by atoms with Gasteiger partial charge in [0.25, 0.3) is 0 Å². The minimum atomic E-state index is -0.772. The SMILES string of the molecule is CCOC(=O)C(C)(C)Cc1cc(COC2CCCCO2)ccc1-c1cc(OC)ccc1F. The number of carbonyl (C=O) groups excluding carboxylic acids is 1. The first-order valence-electron chi connectivity index (χ1n) is 11.2. The van der Waals surface area contributed by atoms with E-state index in [1.165, 1.54) is 6.07 Å². The molecule has 1 aliphatic heterocycles. The fourth-order valence-electron chi connectivity index (χ4n) is 3.89. The first-order chi connectivity index (χ1) is 15.3. The third-order valence-electron chi connectivity index (χ3n) is 5.67. The van der Waals surface area contributed by atoms with Gasteiger partial charge in [-0.25, -0.2) is 4.39 Å². The quantitative estimate of drug-likeness (QED) is 0.466. The van der Waals surface area contributed by atoms with Crippen molar-refractivity contribution >= 4 is 5.97 Å². The van der Waals surface area contributed by atoms with E-state index in [1.54, 1.807) is 26.2 Å². The summed E-state index contributed by atoms with van der Waals surface area (Å²) < 4.78 is 36.9. The summed E-state index contributed by atoms with van der Waals surface area (Å²) in [7, 11) is 1.55. The molecule has 1 fully saturated rings. The molecule has 32 heavy (non-hydrogen) atoms. The van der Waals surface area contributed by atoms with Crippen LogP contribution in [0, 0.1) is 11.2 Å². The van der Waals surface area contributed by atoms with Crippen LogP contribution in [-0.2, 0) is 32.0 Å². The number of esters is 1. The molecule has 2 aromatic carbocycles. The van der Waals surface area contributed by atoms with Crippen molar-refractivity contribution < 1.29 is 28.1 Å². The highest BCUT2D eigenvalue weighted by Gasteiger charge is 2.31. The van der Waals surface area contributed by atoms with E-state index in [2.05, 4.69) is 0 Å². The molecule has 2 aromatic rings. The third kappa shape index (κ3) is 6.08. The monoisotopic (exact) mass is 444 g/mol. The average molecular weight is 445 g/mol. The predicted octanol–water partition coefficient (Wildman–Crippen LogP) is 5.68. The zero-order chi connectivity index (χ0) is 23.1. The molecule has 1 heterocycles. The van der Waals surface area contributed by atoms with Crippen molar-refractivity contribution in [2.45, 2.75) is 59.4 Å². The Kier molecular flexibility index (Phi) is 8.26. The Morgan fingerprint density at radius 1 is 1.16 bits per heavy atom. The fraction of sp³-hybridized carbons (Fsp3) is 0.500. The minimum Gasteiger partial charge on any atom is -0.497 e. The van der Waals surface area contributed by atoms with Crippen LogP contribution >= 0.6 is 0 Å². The first-order valence-corrected chi connectivity index (χ1v) is 11.2. The van der Waals surface area contributed by atoms with Crippen molar-refractivity contribution in [2.24, 2.45) is 5.41 Å². The van der Waals surface area contributed by atoms with E-state index in [4.69, 9.17) is 18.9 Å². The molecular formula is C26H33FO5. The lowest BCUT2D eigenvalue weighted by atomic mass is 9.82. The van der Waals surface area contributed by atoms with Crippen molar-refractivity contribution in [1.29, 1.82) is 0 Å². The van der Waals surface area contributed by atoms with Gasteiger partial charge in [-0.2, -0.15) is 0 Å². The highest BCUT2D eigenvalue weighted by Crippen LogP contribution is 2.35. The van der Waals surface area contributed by atoms with E-state index in [-0.39, 0.29) is 18.1 Å². The van der Waals surface area contributed by atoms with Crippen molar-refractivity contribution in [2.75, 3.05) is 20.3 Å². The lowest BCUT2D eigenvalue weighted by molar-refractivity contribution is -0.168. The van der Waals surface area contributed by atoms with Crippen molar-refractivity contribution in [3.05, 3.63) is 53.3 Å². The molecule has 6 heteroatoms. The van der Waals surface area contributed by atoms with Crippen molar-refractivity contribution in [3.8, 4) is 16.9 Å². The molecule has 1 unspecified atom stereocenters. The summed E-state index contributed by atoms with van der Waals surface area (Å²) in [6.07, 6.45) is 3.24. The topological polar surface area (TPSA) is 54.0 Å². The van der Waals surface area contributed by atoms with E-state index in [1.807, 2.05) is 32.0 Å². The van der Waals surface area contributed by atoms with Crippen LogP contribution in [-0.4, -0.2) is 32.6 Å². The summed E-state index contributed by atoms with van der Waals surface area (Å²) in [6.45, 7) is 6.90. The van der Waals surface area contributed by atoms with Gasteiger partial charge in [0.1, 0.15) is 11.6 Å². The van der Waals surface area contributed by atoms with E-state index in [0.29, 0.717) is 30.9 Å². The van der Waals surface area contributed by atoms with Gasteiger partial charge < -0.3 is 18.9 Å². The summed E-state index contributed by atoms with van der Waals surface area (Å²) in [5, 5.41) is 0. The van der Waals surface area contributed by atoms with Gasteiger partial charge in [0.05, 0.1) is 25.7 Å². The summed E-state index contributed by atoms with van der Waals surface area (Å²) in [6, 6.07) is 10.5. The first kappa shape index (κ1) is 24.2. The lowest BCUT2D eigenvalue weighted by Crippen LogP contribution is -2.29. The molecule has 0 N–H and O–H groups in total. The molecule has 174 valence electrons. The van der Waals surface area contributed by atoms with Gasteiger partial charge in [-0.3, -0.25) is 4.79 Å². The molecule has 0 spiro atoms. The van der Waals surface area contributed by atoms with E-state index >= 15 is 0 Å². The van der Waals surface area contributed by atoms with Crippen LogP contribution in [0.15, 0.2) is 36.4 Å². The average Bonchev–Trinajstić information content (AvgIpc) is 2.79. The number of hydrogen-bond acceptors (Lipinski definition) is 5. The Balaban J connectivity index is 1.93. The third-order valence-corrected chi connectivity index (χ3v) is 5.67. The predicted molar refractivity (Wildman–Crippen MR) is 121 cm³/mol. The Morgan fingerprint density at radius 3 is 2.66 bits per heavy atom. The maximum atomic E-state index is 14.8. The molecule has 1 saturated heterocycles. The highest BCUT2D eigenvalue weighted by atomic mass is 19.1. The molecule has 0 aliphatic carbocycles. The lowest BCUT2D eigenvalue weighted by Gasteiger charge is -2.25. The van der Waals surface area contributed by atoms with Gasteiger partial charge in [-0.15, -0.1) is 0 Å². The van der Waals surface area contributed by atoms with Gasteiger partial charge in [0.2, 0.25) is 0 Å². The molecular weight excluding hydrogens is 411 g/mol. The number of benzene rings is 2. The highest BCUT2D eigenvalue weighted by molar-refractivity contribution is 5.78. The van der Waals surface area contributed by atoms with Crippen molar-refractivity contribution in [1.82, 2.24) is 0 Å². The normalized spacial score (nSPS) is 16.6. The Bertz CT molecular complexity index is 918. The minimum absolute atomic E-state index is 0.196. The van der Waals surface area contributed by atoms with Crippen LogP contribution in [0.4, 0.5) is 4.39 Å². The second-order valence-corrected chi connectivity index (χ2v) is 8.73. The summed E-state index contributed by atoms with van der Waals surface area (Å²) >= 11 is 0. The summed E-state index contributed by atoms with van der Waals surface area (Å²) in [5.41, 5.74) is 2.17. The number of rotatable bonds is 9. The van der Waals surface area contributed by atoms with Crippen LogP contribution in [0.2, 0.25) is 0 Å². The van der Waals surface area contributed by atoms with Crippen LogP contribution in [0.5, 0.6) is 5.75 Å². The number of carbonyl (C=O) groups is 1. The maximum absolute atomic E-state index is 14.8. The second-order valence-electron chi connectivity index (χ2n) is 8.73. The van der Waals surface area contributed by atoms with Crippen molar-refractivity contribution in [3.63, 3.8) is 0 Å².